The largest absolute Gasteiger partial charge is 0.508 e. The molecule has 1 heterocycles. The Labute approximate surface area is 97.5 Å². The third-order valence-corrected chi connectivity index (χ3v) is 2.38. The lowest BCUT2D eigenvalue weighted by Crippen LogP contribution is -2.13. The third kappa shape index (κ3) is 2.20. The van der Waals surface area contributed by atoms with Gasteiger partial charge in [0.2, 0.25) is 0 Å². The average molecular weight is 232 g/mol. The van der Waals surface area contributed by atoms with Crippen LogP contribution in [0, 0.1) is 6.92 Å². The van der Waals surface area contributed by atoms with Crippen molar-refractivity contribution in [2.75, 3.05) is 11.1 Å². The molecule has 2 aromatic rings. The number of aromatic nitrogens is 2. The number of hydrogen-bond donors (Lipinski definition) is 4. The van der Waals surface area contributed by atoms with Gasteiger partial charge in [-0.15, -0.1) is 0 Å². The highest BCUT2D eigenvalue weighted by atomic mass is 16.3. The molecule has 0 saturated carbocycles. The molecule has 0 aliphatic carbocycles. The Balaban J connectivity index is 2.20. The van der Waals surface area contributed by atoms with Gasteiger partial charge in [-0.2, -0.15) is 5.10 Å². The van der Waals surface area contributed by atoms with Gasteiger partial charge in [0.05, 0.1) is 11.9 Å². The first-order valence-corrected chi connectivity index (χ1v) is 4.97. The van der Waals surface area contributed by atoms with Crippen LogP contribution in [0.1, 0.15) is 15.9 Å². The SMILES string of the molecule is Cc1ccc(C(=O)Nc2[nH]ncc2N)cc1O. The number of benzene rings is 1. The highest BCUT2D eigenvalue weighted by molar-refractivity contribution is 6.05. The molecule has 0 fully saturated rings. The van der Waals surface area contributed by atoms with E-state index in [2.05, 4.69) is 15.5 Å². The molecule has 0 unspecified atom stereocenters. The number of nitrogens with one attached hydrogen (secondary N) is 2. The second kappa shape index (κ2) is 4.17. The number of aromatic hydroxyl groups is 1. The fourth-order valence-corrected chi connectivity index (χ4v) is 1.33. The van der Waals surface area contributed by atoms with Crippen molar-refractivity contribution in [1.82, 2.24) is 10.2 Å². The molecule has 0 bridgehead atoms. The summed E-state index contributed by atoms with van der Waals surface area (Å²) in [4.78, 5) is 11.8. The summed E-state index contributed by atoms with van der Waals surface area (Å²) < 4.78 is 0. The minimum absolute atomic E-state index is 0.0789. The van der Waals surface area contributed by atoms with Crippen LogP contribution in [-0.2, 0) is 0 Å². The van der Waals surface area contributed by atoms with Gasteiger partial charge in [0.15, 0.2) is 5.82 Å². The first kappa shape index (κ1) is 11.0. The molecule has 6 nitrogen and oxygen atoms in total. The second-order valence-electron chi connectivity index (χ2n) is 3.66. The number of nitrogens with zero attached hydrogens (tertiary/aromatic N) is 1. The van der Waals surface area contributed by atoms with Gasteiger partial charge < -0.3 is 16.2 Å². The number of nitrogens with two attached hydrogens (primary N) is 1. The number of phenols is 1. The van der Waals surface area contributed by atoms with Crippen LogP contribution in [0.15, 0.2) is 24.4 Å². The quantitative estimate of drug-likeness (QED) is 0.625. The van der Waals surface area contributed by atoms with E-state index in [1.165, 1.54) is 12.3 Å². The van der Waals surface area contributed by atoms with Crippen molar-refractivity contribution < 1.29 is 9.90 Å². The van der Waals surface area contributed by atoms with E-state index < -0.39 is 0 Å². The number of hydrogen-bond acceptors (Lipinski definition) is 4. The lowest BCUT2D eigenvalue weighted by molar-refractivity contribution is 0.102. The molecule has 88 valence electrons. The van der Waals surface area contributed by atoms with Crippen molar-refractivity contribution in [2.45, 2.75) is 6.92 Å². The fourth-order valence-electron chi connectivity index (χ4n) is 1.33. The number of H-pyrrole nitrogens is 1. The van der Waals surface area contributed by atoms with E-state index in [1.807, 2.05) is 0 Å². The number of aryl methyl sites for hydroxylation is 1. The van der Waals surface area contributed by atoms with E-state index in [-0.39, 0.29) is 11.7 Å². The van der Waals surface area contributed by atoms with Gasteiger partial charge in [0.1, 0.15) is 5.75 Å². The van der Waals surface area contributed by atoms with Crippen molar-refractivity contribution in [3.63, 3.8) is 0 Å². The second-order valence-corrected chi connectivity index (χ2v) is 3.66. The molecule has 1 aromatic carbocycles. The van der Waals surface area contributed by atoms with Crippen molar-refractivity contribution in [3.05, 3.63) is 35.5 Å². The summed E-state index contributed by atoms with van der Waals surface area (Å²) in [5.74, 6) is 0.0570. The maximum atomic E-state index is 11.8. The summed E-state index contributed by atoms with van der Waals surface area (Å²) >= 11 is 0. The number of phenolic OH excluding ortho intramolecular Hbond substituents is 1. The Hall–Kier alpha value is -2.50. The van der Waals surface area contributed by atoms with Gasteiger partial charge in [0.25, 0.3) is 5.91 Å². The zero-order valence-electron chi connectivity index (χ0n) is 9.19. The molecule has 17 heavy (non-hydrogen) atoms. The molecule has 1 amide bonds. The Bertz CT molecular complexity index is 562. The topological polar surface area (TPSA) is 104 Å². The van der Waals surface area contributed by atoms with Crippen molar-refractivity contribution >= 4 is 17.4 Å². The molecule has 0 spiro atoms. The highest BCUT2D eigenvalue weighted by Gasteiger charge is 2.10. The van der Waals surface area contributed by atoms with Gasteiger partial charge in [-0.05, 0) is 24.6 Å². The van der Waals surface area contributed by atoms with E-state index >= 15 is 0 Å². The summed E-state index contributed by atoms with van der Waals surface area (Å²) in [7, 11) is 0. The monoisotopic (exact) mass is 232 g/mol. The zero-order chi connectivity index (χ0) is 12.4. The van der Waals surface area contributed by atoms with Gasteiger partial charge in [-0.25, -0.2) is 0 Å². The normalized spacial score (nSPS) is 10.2. The maximum absolute atomic E-state index is 11.8. The fraction of sp³-hybridized carbons (Fsp3) is 0.0909. The lowest BCUT2D eigenvalue weighted by atomic mass is 10.1. The van der Waals surface area contributed by atoms with Crippen molar-refractivity contribution in [2.24, 2.45) is 0 Å². The Morgan fingerprint density at radius 2 is 2.29 bits per heavy atom. The predicted octanol–water partition coefficient (Wildman–Crippen LogP) is 1.26. The molecule has 0 radical (unpaired) electrons. The summed E-state index contributed by atoms with van der Waals surface area (Å²) in [6, 6.07) is 4.69. The molecule has 0 aliphatic heterocycles. The average Bonchev–Trinajstić information content (AvgIpc) is 2.68. The third-order valence-electron chi connectivity index (χ3n) is 2.38. The van der Waals surface area contributed by atoms with Gasteiger partial charge in [-0.3, -0.25) is 9.89 Å². The van der Waals surface area contributed by atoms with Crippen LogP contribution in [0.4, 0.5) is 11.5 Å². The summed E-state index contributed by atoms with van der Waals surface area (Å²) in [5.41, 5.74) is 6.98. The zero-order valence-corrected chi connectivity index (χ0v) is 9.19. The summed E-state index contributed by atoms with van der Waals surface area (Å²) in [6.45, 7) is 1.75. The van der Waals surface area contributed by atoms with Crippen LogP contribution in [0.25, 0.3) is 0 Å². The predicted molar refractivity (Wildman–Crippen MR) is 63.8 cm³/mol. The van der Waals surface area contributed by atoms with E-state index in [0.29, 0.717) is 22.6 Å². The minimum atomic E-state index is -0.365. The van der Waals surface area contributed by atoms with Gasteiger partial charge in [-0.1, -0.05) is 6.07 Å². The summed E-state index contributed by atoms with van der Waals surface area (Å²) in [6.07, 6.45) is 1.40. The highest BCUT2D eigenvalue weighted by Crippen LogP contribution is 2.19. The molecule has 0 saturated heterocycles. The molecule has 0 atom stereocenters. The maximum Gasteiger partial charge on any atom is 0.256 e. The van der Waals surface area contributed by atoms with Crippen LogP contribution in [0.3, 0.4) is 0 Å². The van der Waals surface area contributed by atoms with Crippen LogP contribution in [0.2, 0.25) is 0 Å². The van der Waals surface area contributed by atoms with E-state index in [0.717, 1.165) is 0 Å². The molecule has 2 rings (SSSR count). The number of amides is 1. The smallest absolute Gasteiger partial charge is 0.256 e. The molecule has 0 aliphatic rings. The molecule has 6 heteroatoms. The van der Waals surface area contributed by atoms with Crippen LogP contribution in [-0.4, -0.2) is 21.2 Å². The molecule has 5 N–H and O–H groups in total. The molecular formula is C11H12N4O2. The summed E-state index contributed by atoms with van der Waals surface area (Å²) in [5, 5.41) is 18.3. The Kier molecular flexibility index (Phi) is 2.70. The minimum Gasteiger partial charge on any atom is -0.508 e. The van der Waals surface area contributed by atoms with E-state index in [9.17, 15) is 9.90 Å². The number of nitrogen functional groups attached to an aromatic ring is 1. The Morgan fingerprint density at radius 1 is 1.53 bits per heavy atom. The number of carbonyl (C=O) groups is 1. The first-order chi connectivity index (χ1) is 8.08. The number of aromatic amines is 1. The van der Waals surface area contributed by atoms with Crippen molar-refractivity contribution in [3.8, 4) is 5.75 Å². The van der Waals surface area contributed by atoms with Crippen molar-refractivity contribution in [1.29, 1.82) is 0 Å². The number of rotatable bonds is 2. The lowest BCUT2D eigenvalue weighted by Gasteiger charge is -2.05. The van der Waals surface area contributed by atoms with E-state index in [4.69, 9.17) is 5.73 Å². The number of carbonyl (C=O) groups excluding carboxylic acids is 1. The first-order valence-electron chi connectivity index (χ1n) is 4.97. The van der Waals surface area contributed by atoms with Crippen LogP contribution >= 0.6 is 0 Å². The van der Waals surface area contributed by atoms with Crippen LogP contribution < -0.4 is 11.1 Å². The number of anilines is 2. The van der Waals surface area contributed by atoms with E-state index in [1.54, 1.807) is 19.1 Å². The Morgan fingerprint density at radius 3 is 2.88 bits per heavy atom. The van der Waals surface area contributed by atoms with Crippen LogP contribution in [0.5, 0.6) is 5.75 Å². The standard InChI is InChI=1S/C11H12N4O2/c1-6-2-3-7(4-9(6)16)11(17)14-10-8(12)5-13-15-10/h2-5,16H,12H2,1H3,(H2,13,14,15,17). The van der Waals surface area contributed by atoms with Gasteiger partial charge >= 0.3 is 0 Å². The molecule has 1 aromatic heterocycles. The van der Waals surface area contributed by atoms with Gasteiger partial charge in [0, 0.05) is 5.56 Å². The molecular weight excluding hydrogens is 220 g/mol.